The lowest BCUT2D eigenvalue weighted by Gasteiger charge is -2.12. The van der Waals surface area contributed by atoms with E-state index in [4.69, 9.17) is 4.74 Å². The highest BCUT2D eigenvalue weighted by Crippen LogP contribution is 2.22. The van der Waals surface area contributed by atoms with Gasteiger partial charge in [-0.15, -0.1) is 0 Å². The third-order valence-electron chi connectivity index (χ3n) is 2.91. The molecule has 0 unspecified atom stereocenters. The Labute approximate surface area is 117 Å². The fourth-order valence-corrected chi connectivity index (χ4v) is 2.00. The maximum Gasteiger partial charge on any atom is 0.126 e. The Hall–Kier alpha value is -2.10. The summed E-state index contributed by atoms with van der Waals surface area (Å²) in [5.41, 5.74) is 2.50. The summed E-state index contributed by atoms with van der Waals surface area (Å²) in [6, 6.07) is 9.20. The van der Waals surface area contributed by atoms with E-state index in [1.165, 1.54) is 12.1 Å². The van der Waals surface area contributed by atoms with Crippen LogP contribution in [0.25, 0.3) is 0 Å². The van der Waals surface area contributed by atoms with Crippen molar-refractivity contribution in [3.05, 3.63) is 59.2 Å². The molecule has 2 aromatic rings. The fraction of sp³-hybridized carbons (Fsp3) is 0.250. The SMILES string of the molecule is CCOc1ccc(NCc2cc(F)cc(F)c2)c(C)c1. The van der Waals surface area contributed by atoms with Crippen LogP contribution in [0.2, 0.25) is 0 Å². The molecule has 0 radical (unpaired) electrons. The minimum absolute atomic E-state index is 0.365. The smallest absolute Gasteiger partial charge is 0.126 e. The second-order valence-electron chi connectivity index (χ2n) is 4.54. The molecule has 106 valence electrons. The van der Waals surface area contributed by atoms with Crippen molar-refractivity contribution >= 4 is 5.69 Å². The first-order chi connectivity index (χ1) is 9.58. The summed E-state index contributed by atoms with van der Waals surface area (Å²) in [5, 5.41) is 3.16. The van der Waals surface area contributed by atoms with E-state index in [0.29, 0.717) is 18.7 Å². The average molecular weight is 277 g/mol. The Morgan fingerprint density at radius 1 is 1.05 bits per heavy atom. The number of anilines is 1. The van der Waals surface area contributed by atoms with Crippen LogP contribution < -0.4 is 10.1 Å². The summed E-state index contributed by atoms with van der Waals surface area (Å²) in [6.07, 6.45) is 0. The molecule has 0 heterocycles. The van der Waals surface area contributed by atoms with Gasteiger partial charge in [-0.1, -0.05) is 0 Å². The number of ether oxygens (including phenoxy) is 1. The van der Waals surface area contributed by atoms with E-state index < -0.39 is 11.6 Å². The zero-order valence-electron chi connectivity index (χ0n) is 11.5. The lowest BCUT2D eigenvalue weighted by atomic mass is 10.1. The molecule has 0 saturated heterocycles. The van der Waals surface area contributed by atoms with Gasteiger partial charge in [0.1, 0.15) is 17.4 Å². The number of nitrogens with one attached hydrogen (secondary N) is 1. The van der Waals surface area contributed by atoms with Crippen LogP contribution in [-0.2, 0) is 6.54 Å². The Kier molecular flexibility index (Phi) is 4.56. The van der Waals surface area contributed by atoms with Gasteiger partial charge in [0.2, 0.25) is 0 Å². The number of aryl methyl sites for hydroxylation is 1. The minimum atomic E-state index is -0.565. The molecule has 2 nitrogen and oxygen atoms in total. The molecule has 0 aromatic heterocycles. The zero-order chi connectivity index (χ0) is 14.5. The van der Waals surface area contributed by atoms with Crippen LogP contribution in [0.15, 0.2) is 36.4 Å². The van der Waals surface area contributed by atoms with E-state index in [1.807, 2.05) is 32.0 Å². The number of benzene rings is 2. The van der Waals surface area contributed by atoms with Crippen molar-refractivity contribution in [1.29, 1.82) is 0 Å². The van der Waals surface area contributed by atoms with Crippen LogP contribution in [0.1, 0.15) is 18.1 Å². The van der Waals surface area contributed by atoms with E-state index in [0.717, 1.165) is 23.1 Å². The van der Waals surface area contributed by atoms with Gasteiger partial charge in [0.25, 0.3) is 0 Å². The van der Waals surface area contributed by atoms with E-state index in [-0.39, 0.29) is 0 Å². The van der Waals surface area contributed by atoms with Crippen LogP contribution in [-0.4, -0.2) is 6.61 Å². The zero-order valence-corrected chi connectivity index (χ0v) is 11.5. The lowest BCUT2D eigenvalue weighted by molar-refractivity contribution is 0.340. The Balaban J connectivity index is 2.06. The molecule has 0 spiro atoms. The van der Waals surface area contributed by atoms with Gasteiger partial charge < -0.3 is 10.1 Å². The van der Waals surface area contributed by atoms with Crippen molar-refractivity contribution in [3.63, 3.8) is 0 Å². The first-order valence-electron chi connectivity index (χ1n) is 6.51. The van der Waals surface area contributed by atoms with Gasteiger partial charge in [-0.25, -0.2) is 8.78 Å². The van der Waals surface area contributed by atoms with Gasteiger partial charge in [0.05, 0.1) is 6.61 Å². The fourth-order valence-electron chi connectivity index (χ4n) is 2.00. The first-order valence-corrected chi connectivity index (χ1v) is 6.51. The predicted molar refractivity (Wildman–Crippen MR) is 76.0 cm³/mol. The van der Waals surface area contributed by atoms with Crippen molar-refractivity contribution in [2.24, 2.45) is 0 Å². The van der Waals surface area contributed by atoms with Crippen molar-refractivity contribution in [1.82, 2.24) is 0 Å². The summed E-state index contributed by atoms with van der Waals surface area (Å²) < 4.78 is 31.6. The maximum absolute atomic E-state index is 13.1. The van der Waals surface area contributed by atoms with E-state index in [1.54, 1.807) is 0 Å². The molecule has 0 aliphatic carbocycles. The molecule has 0 aliphatic rings. The quantitative estimate of drug-likeness (QED) is 0.880. The molecular formula is C16H17F2NO. The highest BCUT2D eigenvalue weighted by molar-refractivity contribution is 5.53. The number of hydrogen-bond acceptors (Lipinski definition) is 2. The van der Waals surface area contributed by atoms with Crippen molar-refractivity contribution in [3.8, 4) is 5.75 Å². The van der Waals surface area contributed by atoms with Crippen molar-refractivity contribution in [2.75, 3.05) is 11.9 Å². The van der Waals surface area contributed by atoms with Crippen LogP contribution in [0.3, 0.4) is 0 Å². The summed E-state index contributed by atoms with van der Waals surface area (Å²) >= 11 is 0. The summed E-state index contributed by atoms with van der Waals surface area (Å²) in [4.78, 5) is 0. The molecule has 4 heteroatoms. The van der Waals surface area contributed by atoms with Gasteiger partial charge >= 0.3 is 0 Å². The van der Waals surface area contributed by atoms with E-state index in [2.05, 4.69) is 5.32 Å². The first kappa shape index (κ1) is 14.3. The van der Waals surface area contributed by atoms with Crippen LogP contribution in [0.5, 0.6) is 5.75 Å². The van der Waals surface area contributed by atoms with Crippen LogP contribution >= 0.6 is 0 Å². The van der Waals surface area contributed by atoms with Gasteiger partial charge in [-0.2, -0.15) is 0 Å². The molecule has 0 aliphatic heterocycles. The summed E-state index contributed by atoms with van der Waals surface area (Å²) in [6.45, 7) is 4.87. The van der Waals surface area contributed by atoms with E-state index in [9.17, 15) is 8.78 Å². The largest absolute Gasteiger partial charge is 0.494 e. The molecule has 1 N–H and O–H groups in total. The Morgan fingerprint density at radius 3 is 2.35 bits per heavy atom. The average Bonchev–Trinajstić information content (AvgIpc) is 2.37. The highest BCUT2D eigenvalue weighted by atomic mass is 19.1. The van der Waals surface area contributed by atoms with Crippen molar-refractivity contribution < 1.29 is 13.5 Å². The topological polar surface area (TPSA) is 21.3 Å². The molecule has 2 rings (SSSR count). The number of rotatable bonds is 5. The standard InChI is InChI=1S/C16H17F2NO/c1-3-20-15-4-5-16(11(2)6-15)19-10-12-7-13(17)9-14(18)8-12/h4-9,19H,3,10H2,1-2H3. The molecular weight excluding hydrogens is 260 g/mol. The molecule has 0 bridgehead atoms. The molecule has 0 saturated carbocycles. The minimum Gasteiger partial charge on any atom is -0.494 e. The normalized spacial score (nSPS) is 10.4. The summed E-state index contributed by atoms with van der Waals surface area (Å²) in [7, 11) is 0. The molecule has 2 aromatic carbocycles. The monoisotopic (exact) mass is 277 g/mol. The second-order valence-corrected chi connectivity index (χ2v) is 4.54. The third kappa shape index (κ3) is 3.70. The highest BCUT2D eigenvalue weighted by Gasteiger charge is 2.03. The van der Waals surface area contributed by atoms with Gasteiger partial charge in [0.15, 0.2) is 0 Å². The van der Waals surface area contributed by atoms with E-state index >= 15 is 0 Å². The second kappa shape index (κ2) is 6.37. The lowest BCUT2D eigenvalue weighted by Crippen LogP contribution is -2.02. The van der Waals surface area contributed by atoms with Gasteiger partial charge in [-0.05, 0) is 55.3 Å². The predicted octanol–water partition coefficient (Wildman–Crippen LogP) is 4.28. The Bertz CT molecular complexity index is 579. The maximum atomic E-state index is 13.1. The molecule has 0 amide bonds. The molecule has 0 fully saturated rings. The molecule has 0 atom stereocenters. The van der Waals surface area contributed by atoms with Gasteiger partial charge in [0, 0.05) is 18.3 Å². The third-order valence-corrected chi connectivity index (χ3v) is 2.91. The van der Waals surface area contributed by atoms with Crippen LogP contribution in [0.4, 0.5) is 14.5 Å². The van der Waals surface area contributed by atoms with Gasteiger partial charge in [-0.3, -0.25) is 0 Å². The number of hydrogen-bond donors (Lipinski definition) is 1. The van der Waals surface area contributed by atoms with Crippen LogP contribution in [0, 0.1) is 18.6 Å². The Morgan fingerprint density at radius 2 is 1.75 bits per heavy atom. The molecule has 20 heavy (non-hydrogen) atoms. The number of halogens is 2. The summed E-state index contributed by atoms with van der Waals surface area (Å²) in [5.74, 6) is -0.317. The van der Waals surface area contributed by atoms with Crippen molar-refractivity contribution in [2.45, 2.75) is 20.4 Å².